The summed E-state index contributed by atoms with van der Waals surface area (Å²) in [5.41, 5.74) is 9.59. The van der Waals surface area contributed by atoms with Crippen molar-refractivity contribution < 1.29 is 4.79 Å². The van der Waals surface area contributed by atoms with E-state index in [1.807, 2.05) is 37.7 Å². The third-order valence-corrected chi connectivity index (χ3v) is 4.46. The Labute approximate surface area is 136 Å². The van der Waals surface area contributed by atoms with Gasteiger partial charge in [0.1, 0.15) is 0 Å². The normalized spacial score (nSPS) is 20.7. The Balaban J connectivity index is 1.85. The van der Waals surface area contributed by atoms with Gasteiger partial charge in [-0.2, -0.15) is 5.10 Å². The molecule has 0 radical (unpaired) electrons. The van der Waals surface area contributed by atoms with E-state index in [9.17, 15) is 4.79 Å². The first kappa shape index (κ1) is 15.9. The molecule has 0 spiro atoms. The van der Waals surface area contributed by atoms with Gasteiger partial charge in [0.15, 0.2) is 5.65 Å². The van der Waals surface area contributed by atoms with Crippen LogP contribution in [0.15, 0.2) is 12.3 Å². The van der Waals surface area contributed by atoms with E-state index >= 15 is 0 Å². The largest absolute Gasteiger partial charge is 0.369 e. The molecule has 0 saturated carbocycles. The summed E-state index contributed by atoms with van der Waals surface area (Å²) in [4.78, 5) is 20.7. The molecule has 3 rings (SSSR count). The molecule has 7 heteroatoms. The highest BCUT2D eigenvalue weighted by atomic mass is 16.1. The molecule has 7 nitrogen and oxygen atoms in total. The van der Waals surface area contributed by atoms with Crippen LogP contribution in [-0.4, -0.2) is 63.5 Å². The highest BCUT2D eigenvalue weighted by Gasteiger charge is 2.25. The molecule has 2 aromatic heterocycles. The maximum Gasteiger partial charge on any atom is 0.223 e. The molecule has 1 fully saturated rings. The molecule has 1 saturated heterocycles. The minimum Gasteiger partial charge on any atom is -0.369 e. The number of nitrogens with zero attached hydrogens (tertiary/aromatic N) is 5. The van der Waals surface area contributed by atoms with Gasteiger partial charge >= 0.3 is 0 Å². The standard InChI is InChI=1S/C16H24N6O/c1-11-6-12(2)22-16(19-11)13(7-18-22)9-21-5-4-20(3)8-14(10-21)15(17)23/h6-7,14H,4-5,8-10H2,1-3H3,(H2,17,23)/t14-/m0/s1. The third-order valence-electron chi connectivity index (χ3n) is 4.46. The number of hydrogen-bond acceptors (Lipinski definition) is 5. The molecule has 124 valence electrons. The zero-order valence-electron chi connectivity index (χ0n) is 14.0. The monoisotopic (exact) mass is 316 g/mol. The van der Waals surface area contributed by atoms with Crippen LogP contribution in [0.25, 0.3) is 5.65 Å². The molecule has 1 amide bonds. The van der Waals surface area contributed by atoms with Crippen molar-refractivity contribution in [1.29, 1.82) is 0 Å². The minimum absolute atomic E-state index is 0.138. The van der Waals surface area contributed by atoms with Crippen LogP contribution in [0.2, 0.25) is 0 Å². The van der Waals surface area contributed by atoms with Gasteiger partial charge in [0.25, 0.3) is 0 Å². The number of nitrogens with two attached hydrogens (primary N) is 1. The van der Waals surface area contributed by atoms with Crippen molar-refractivity contribution in [3.63, 3.8) is 0 Å². The predicted molar refractivity (Wildman–Crippen MR) is 87.9 cm³/mol. The summed E-state index contributed by atoms with van der Waals surface area (Å²) in [7, 11) is 2.03. The number of primary amides is 1. The first-order chi connectivity index (χ1) is 10.9. The van der Waals surface area contributed by atoms with Gasteiger partial charge in [-0.15, -0.1) is 0 Å². The zero-order valence-corrected chi connectivity index (χ0v) is 14.0. The van der Waals surface area contributed by atoms with Crippen molar-refractivity contribution in [1.82, 2.24) is 24.4 Å². The van der Waals surface area contributed by atoms with E-state index in [4.69, 9.17) is 5.73 Å². The van der Waals surface area contributed by atoms with E-state index < -0.39 is 0 Å². The maximum atomic E-state index is 11.6. The van der Waals surface area contributed by atoms with Gasteiger partial charge < -0.3 is 10.6 Å². The van der Waals surface area contributed by atoms with Gasteiger partial charge in [-0.3, -0.25) is 9.69 Å². The smallest absolute Gasteiger partial charge is 0.223 e. The summed E-state index contributed by atoms with van der Waals surface area (Å²) < 4.78 is 1.87. The van der Waals surface area contributed by atoms with Crippen molar-refractivity contribution in [3.05, 3.63) is 29.2 Å². The van der Waals surface area contributed by atoms with Crippen LogP contribution in [0.5, 0.6) is 0 Å². The lowest BCUT2D eigenvalue weighted by atomic mass is 10.1. The third kappa shape index (κ3) is 3.35. The SMILES string of the molecule is Cc1cc(C)n2ncc(CN3CCN(C)C[C@H](C(N)=O)C3)c2n1. The van der Waals surface area contributed by atoms with E-state index in [2.05, 4.69) is 19.9 Å². The molecular weight excluding hydrogens is 292 g/mol. The number of carbonyl (C=O) groups is 1. The van der Waals surface area contributed by atoms with Gasteiger partial charge in [0.05, 0.1) is 12.1 Å². The predicted octanol–water partition coefficient (Wildman–Crippen LogP) is 0.195. The van der Waals surface area contributed by atoms with Crippen LogP contribution in [0.3, 0.4) is 0 Å². The molecule has 23 heavy (non-hydrogen) atoms. The summed E-state index contributed by atoms with van der Waals surface area (Å²) in [5.74, 6) is -0.366. The lowest BCUT2D eigenvalue weighted by Gasteiger charge is -2.21. The van der Waals surface area contributed by atoms with Gasteiger partial charge in [-0.05, 0) is 27.0 Å². The molecule has 0 unspecified atom stereocenters. The lowest BCUT2D eigenvalue weighted by molar-refractivity contribution is -0.122. The van der Waals surface area contributed by atoms with E-state index in [0.29, 0.717) is 6.54 Å². The summed E-state index contributed by atoms with van der Waals surface area (Å²) in [6.07, 6.45) is 1.88. The second-order valence-corrected chi connectivity index (χ2v) is 6.54. The van der Waals surface area contributed by atoms with Gasteiger partial charge in [-0.1, -0.05) is 0 Å². The number of aromatic nitrogens is 3. The van der Waals surface area contributed by atoms with Crippen LogP contribution < -0.4 is 5.73 Å². The van der Waals surface area contributed by atoms with E-state index in [-0.39, 0.29) is 11.8 Å². The topological polar surface area (TPSA) is 79.8 Å². The number of aryl methyl sites for hydroxylation is 2. The van der Waals surface area contributed by atoms with Crippen molar-refractivity contribution in [2.45, 2.75) is 20.4 Å². The fourth-order valence-corrected chi connectivity index (χ4v) is 3.23. The minimum atomic E-state index is -0.228. The molecular formula is C16H24N6O. The highest BCUT2D eigenvalue weighted by Crippen LogP contribution is 2.16. The van der Waals surface area contributed by atoms with Gasteiger partial charge in [-0.25, -0.2) is 9.50 Å². The van der Waals surface area contributed by atoms with Crippen LogP contribution in [0, 0.1) is 19.8 Å². The molecule has 2 N–H and O–H groups in total. The zero-order chi connectivity index (χ0) is 16.6. The lowest BCUT2D eigenvalue weighted by Crippen LogP contribution is -2.37. The number of carbonyl (C=O) groups excluding carboxylic acids is 1. The Bertz CT molecular complexity index is 725. The molecule has 0 bridgehead atoms. The summed E-state index contributed by atoms with van der Waals surface area (Å²) in [6.45, 7) is 7.99. The second kappa shape index (κ2) is 6.25. The maximum absolute atomic E-state index is 11.6. The molecule has 1 atom stereocenters. The molecule has 0 aliphatic carbocycles. The van der Waals surface area contributed by atoms with Gasteiger partial charge in [0, 0.05) is 49.7 Å². The first-order valence-electron chi connectivity index (χ1n) is 7.95. The Morgan fingerprint density at radius 3 is 2.87 bits per heavy atom. The fourth-order valence-electron chi connectivity index (χ4n) is 3.23. The highest BCUT2D eigenvalue weighted by molar-refractivity contribution is 5.77. The van der Waals surface area contributed by atoms with E-state index in [1.165, 1.54) is 0 Å². The van der Waals surface area contributed by atoms with Crippen molar-refractivity contribution in [3.8, 4) is 0 Å². The first-order valence-corrected chi connectivity index (χ1v) is 7.95. The van der Waals surface area contributed by atoms with Crippen molar-refractivity contribution >= 4 is 11.6 Å². The summed E-state index contributed by atoms with van der Waals surface area (Å²) in [6, 6.07) is 2.02. The summed E-state index contributed by atoms with van der Waals surface area (Å²) >= 11 is 0. The molecule has 1 aliphatic rings. The van der Waals surface area contributed by atoms with Crippen molar-refractivity contribution in [2.75, 3.05) is 33.2 Å². The molecule has 2 aromatic rings. The van der Waals surface area contributed by atoms with Crippen LogP contribution in [-0.2, 0) is 11.3 Å². The number of likely N-dealkylation sites (N-methyl/N-ethyl adjacent to an activating group) is 1. The van der Waals surface area contributed by atoms with E-state index in [1.54, 1.807) is 0 Å². The molecule has 3 heterocycles. The van der Waals surface area contributed by atoms with Crippen LogP contribution in [0.1, 0.15) is 17.0 Å². The number of fused-ring (bicyclic) bond motifs is 1. The Kier molecular flexibility index (Phi) is 4.32. The van der Waals surface area contributed by atoms with Crippen LogP contribution >= 0.6 is 0 Å². The number of hydrogen-bond donors (Lipinski definition) is 1. The molecule has 1 aliphatic heterocycles. The fraction of sp³-hybridized carbons (Fsp3) is 0.562. The van der Waals surface area contributed by atoms with Crippen LogP contribution in [0.4, 0.5) is 0 Å². The molecule has 0 aromatic carbocycles. The Morgan fingerprint density at radius 2 is 2.13 bits per heavy atom. The second-order valence-electron chi connectivity index (χ2n) is 6.54. The average Bonchev–Trinajstić information content (AvgIpc) is 2.76. The van der Waals surface area contributed by atoms with E-state index in [0.717, 1.165) is 48.8 Å². The Hall–Kier alpha value is -1.99. The average molecular weight is 316 g/mol. The number of amides is 1. The number of rotatable bonds is 3. The summed E-state index contributed by atoms with van der Waals surface area (Å²) in [5, 5.41) is 4.44. The Morgan fingerprint density at radius 1 is 1.35 bits per heavy atom. The van der Waals surface area contributed by atoms with Crippen molar-refractivity contribution in [2.24, 2.45) is 11.7 Å². The quantitative estimate of drug-likeness (QED) is 0.875. The van der Waals surface area contributed by atoms with Gasteiger partial charge in [0.2, 0.25) is 5.91 Å².